The number of fused-ring (bicyclic) bond motifs is 12. The van der Waals surface area contributed by atoms with Crippen molar-refractivity contribution in [2.24, 2.45) is 0 Å². The van der Waals surface area contributed by atoms with Gasteiger partial charge < -0.3 is 9.30 Å². The summed E-state index contributed by atoms with van der Waals surface area (Å²) >= 11 is 0. The van der Waals surface area contributed by atoms with Gasteiger partial charge >= 0.3 is 0 Å². The normalized spacial score (nSPS) is 12.1. The topological polar surface area (TPSA) is 52.1 Å². The van der Waals surface area contributed by atoms with Crippen LogP contribution in [0.2, 0.25) is 0 Å². The van der Waals surface area contributed by atoms with Crippen LogP contribution in [0, 0.1) is 0 Å². The molecule has 310 valence electrons. The van der Waals surface area contributed by atoms with Gasteiger partial charge in [-0.2, -0.15) is 0 Å². The summed E-state index contributed by atoms with van der Waals surface area (Å²) in [5.74, 6) is 0.712. The highest BCUT2D eigenvalue weighted by molar-refractivity contribution is 7.85. The molecule has 13 aromatic rings. The standard InChI is InChI=1S/C61H39N2O2P/c1-65-44-26-32-47(33-27-44)66(64,45-28-18-42(19-29-45)56-52-34-22-38-10-2-6-14-48(38)58(52)62-59-49-15-7-3-11-39(49)23-35-53(56)59)46-30-20-43(21-31-46)57-54-36-24-40-12-4-8-16-50(40)60(54)63-61-51-17-9-5-13-41(51)25-37-55(57)61/h2-37H,1H3. The van der Waals surface area contributed by atoms with E-state index < -0.39 is 7.14 Å². The molecule has 2 aromatic heterocycles. The number of aromatic nitrogens is 2. The number of pyridine rings is 2. The van der Waals surface area contributed by atoms with E-state index in [1.807, 2.05) is 24.3 Å². The molecule has 0 unspecified atom stereocenters. The van der Waals surface area contributed by atoms with E-state index in [4.69, 9.17) is 14.7 Å². The average Bonchev–Trinajstić information content (AvgIpc) is 3.39. The van der Waals surface area contributed by atoms with E-state index in [2.05, 4.69) is 194 Å². The molecule has 2 heterocycles. The predicted molar refractivity (Wildman–Crippen MR) is 279 cm³/mol. The van der Waals surface area contributed by atoms with Gasteiger partial charge in [0.15, 0.2) is 7.14 Å². The average molecular weight is 863 g/mol. The number of nitrogens with zero attached hydrogens (tertiary/aromatic N) is 2. The minimum atomic E-state index is -3.43. The summed E-state index contributed by atoms with van der Waals surface area (Å²) in [4.78, 5) is 10.8. The Morgan fingerprint density at radius 3 is 0.909 bits per heavy atom. The van der Waals surface area contributed by atoms with Gasteiger partial charge in [-0.05, 0) is 56.9 Å². The van der Waals surface area contributed by atoms with E-state index in [0.29, 0.717) is 5.75 Å². The molecule has 0 aliphatic rings. The fourth-order valence-electron chi connectivity index (χ4n) is 10.4. The van der Waals surface area contributed by atoms with Crippen LogP contribution in [0.4, 0.5) is 0 Å². The lowest BCUT2D eigenvalue weighted by molar-refractivity contribution is 0.415. The van der Waals surface area contributed by atoms with Crippen LogP contribution < -0.4 is 20.7 Å². The van der Waals surface area contributed by atoms with Gasteiger partial charge in [-0.3, -0.25) is 0 Å². The third kappa shape index (κ3) is 5.82. The van der Waals surface area contributed by atoms with Crippen molar-refractivity contribution in [2.45, 2.75) is 0 Å². The van der Waals surface area contributed by atoms with Crippen molar-refractivity contribution in [1.82, 2.24) is 9.97 Å². The van der Waals surface area contributed by atoms with Crippen molar-refractivity contribution >= 4 is 110 Å². The molecule has 5 heteroatoms. The highest BCUT2D eigenvalue weighted by atomic mass is 31.2. The molecule has 0 spiro atoms. The molecule has 66 heavy (non-hydrogen) atoms. The quantitative estimate of drug-likeness (QED) is 0.0949. The summed E-state index contributed by atoms with van der Waals surface area (Å²) in [7, 11) is -1.78. The number of rotatable bonds is 6. The van der Waals surface area contributed by atoms with E-state index in [1.165, 1.54) is 0 Å². The molecule has 0 atom stereocenters. The van der Waals surface area contributed by atoms with Crippen LogP contribution in [-0.2, 0) is 4.57 Å². The van der Waals surface area contributed by atoms with Gasteiger partial charge in [0.25, 0.3) is 0 Å². The molecule has 0 saturated carbocycles. The second-order valence-corrected chi connectivity index (χ2v) is 19.9. The van der Waals surface area contributed by atoms with Gasteiger partial charge in [0.1, 0.15) is 5.75 Å². The van der Waals surface area contributed by atoms with Gasteiger partial charge in [-0.15, -0.1) is 0 Å². The molecule has 0 fully saturated rings. The minimum absolute atomic E-state index is 0.712. The van der Waals surface area contributed by atoms with Gasteiger partial charge in [0, 0.05) is 70.1 Å². The Balaban J connectivity index is 0.997. The summed E-state index contributed by atoms with van der Waals surface area (Å²) in [6.45, 7) is 0. The molecule has 0 amide bonds. The van der Waals surface area contributed by atoms with Gasteiger partial charge in [0.05, 0.1) is 29.2 Å². The van der Waals surface area contributed by atoms with Crippen LogP contribution in [0.3, 0.4) is 0 Å². The first kappa shape index (κ1) is 38.3. The Morgan fingerprint density at radius 2 is 0.606 bits per heavy atom. The largest absolute Gasteiger partial charge is 0.497 e. The van der Waals surface area contributed by atoms with Crippen LogP contribution in [0.5, 0.6) is 5.75 Å². The monoisotopic (exact) mass is 862 g/mol. The highest BCUT2D eigenvalue weighted by Gasteiger charge is 2.31. The lowest BCUT2D eigenvalue weighted by Gasteiger charge is -2.22. The number of ether oxygens (including phenoxy) is 1. The Kier molecular flexibility index (Phi) is 8.68. The summed E-state index contributed by atoms with van der Waals surface area (Å²) in [5, 5.41) is 15.6. The summed E-state index contributed by atoms with van der Waals surface area (Å²) in [6, 6.07) is 75.9. The maximum atomic E-state index is 16.3. The van der Waals surface area contributed by atoms with Crippen molar-refractivity contribution in [3.8, 4) is 28.0 Å². The first-order valence-corrected chi connectivity index (χ1v) is 24.0. The Hall–Kier alpha value is -8.17. The molecule has 0 saturated heterocycles. The lowest BCUT2D eigenvalue weighted by Crippen LogP contribution is -2.25. The van der Waals surface area contributed by atoms with E-state index in [0.717, 1.165) is 125 Å². The van der Waals surface area contributed by atoms with Crippen molar-refractivity contribution in [3.05, 3.63) is 218 Å². The van der Waals surface area contributed by atoms with Crippen molar-refractivity contribution in [3.63, 3.8) is 0 Å². The number of benzene rings is 11. The smallest absolute Gasteiger partial charge is 0.171 e. The van der Waals surface area contributed by atoms with Crippen LogP contribution in [0.15, 0.2) is 218 Å². The first-order chi connectivity index (χ1) is 32.5. The van der Waals surface area contributed by atoms with Crippen molar-refractivity contribution in [1.29, 1.82) is 0 Å². The molecule has 0 N–H and O–H groups in total. The van der Waals surface area contributed by atoms with Gasteiger partial charge in [0.2, 0.25) is 0 Å². The maximum Gasteiger partial charge on any atom is 0.171 e. The molecule has 0 radical (unpaired) electrons. The molecule has 0 bridgehead atoms. The Bertz CT molecular complexity index is 3730. The second kappa shape index (κ2) is 15.0. The Morgan fingerprint density at radius 1 is 0.318 bits per heavy atom. The second-order valence-electron chi connectivity index (χ2n) is 17.1. The number of methoxy groups -OCH3 is 1. The predicted octanol–water partition coefficient (Wildman–Crippen LogP) is 14.7. The van der Waals surface area contributed by atoms with Crippen LogP contribution in [0.25, 0.3) is 109 Å². The SMILES string of the molecule is COc1ccc(P(=O)(c2ccc(-c3c4ccc5ccccc5c4nc4c3ccc3ccccc34)cc2)c2ccc(-c3c4ccc5ccccc5c4nc4c3ccc3ccccc34)cc2)cc1. The maximum absolute atomic E-state index is 16.3. The third-order valence-corrected chi connectivity index (χ3v) is 16.7. The third-order valence-electron chi connectivity index (χ3n) is 13.6. The molecule has 0 aliphatic heterocycles. The van der Waals surface area contributed by atoms with Crippen LogP contribution in [-0.4, -0.2) is 17.1 Å². The molecule has 11 aromatic carbocycles. The fraction of sp³-hybridized carbons (Fsp3) is 0.0164. The van der Waals surface area contributed by atoms with Crippen LogP contribution >= 0.6 is 7.14 Å². The van der Waals surface area contributed by atoms with Crippen molar-refractivity contribution < 1.29 is 9.30 Å². The summed E-state index contributed by atoms with van der Waals surface area (Å²) < 4.78 is 21.9. The molecular weight excluding hydrogens is 824 g/mol. The number of hydrogen-bond donors (Lipinski definition) is 0. The fourth-order valence-corrected chi connectivity index (χ4v) is 13.0. The first-order valence-electron chi connectivity index (χ1n) is 22.3. The lowest BCUT2D eigenvalue weighted by atomic mass is 9.92. The zero-order valence-corrected chi connectivity index (χ0v) is 36.8. The van der Waals surface area contributed by atoms with E-state index in [1.54, 1.807) is 7.11 Å². The van der Waals surface area contributed by atoms with Crippen LogP contribution in [0.1, 0.15) is 0 Å². The zero-order valence-electron chi connectivity index (χ0n) is 35.9. The highest BCUT2D eigenvalue weighted by Crippen LogP contribution is 2.46. The Labute approximate surface area is 380 Å². The summed E-state index contributed by atoms with van der Waals surface area (Å²) in [6.07, 6.45) is 0. The van der Waals surface area contributed by atoms with Gasteiger partial charge in [-0.1, -0.05) is 194 Å². The van der Waals surface area contributed by atoms with Gasteiger partial charge in [-0.25, -0.2) is 9.97 Å². The molecule has 0 aliphatic carbocycles. The van der Waals surface area contributed by atoms with Crippen molar-refractivity contribution in [2.75, 3.05) is 7.11 Å². The molecular formula is C61H39N2O2P. The summed E-state index contributed by atoms with van der Waals surface area (Å²) in [5.41, 5.74) is 8.17. The van der Waals surface area contributed by atoms with E-state index >= 15 is 4.57 Å². The number of hydrogen-bond acceptors (Lipinski definition) is 4. The minimum Gasteiger partial charge on any atom is -0.497 e. The van der Waals surface area contributed by atoms with E-state index in [-0.39, 0.29) is 0 Å². The molecule has 4 nitrogen and oxygen atoms in total. The van der Waals surface area contributed by atoms with E-state index in [9.17, 15) is 0 Å². The molecule has 13 rings (SSSR count). The zero-order chi connectivity index (χ0) is 43.9.